The summed E-state index contributed by atoms with van der Waals surface area (Å²) < 4.78 is 11.7. The monoisotopic (exact) mass is 616 g/mol. The normalized spacial score (nSPS) is 10.9. The molecular formula is C32H26Cl2N4O3S. The van der Waals surface area contributed by atoms with E-state index in [-0.39, 0.29) is 5.91 Å². The number of para-hydroxylation sites is 1. The van der Waals surface area contributed by atoms with Crippen molar-refractivity contribution in [1.29, 1.82) is 0 Å². The van der Waals surface area contributed by atoms with Crippen LogP contribution in [0.5, 0.6) is 11.5 Å². The van der Waals surface area contributed by atoms with Gasteiger partial charge in [-0.25, -0.2) is 10.4 Å². The number of amides is 1. The molecule has 1 amide bonds. The number of carbonyl (C=O) groups excluding carboxylic acids is 1. The predicted molar refractivity (Wildman–Crippen MR) is 171 cm³/mol. The molecule has 0 radical (unpaired) electrons. The van der Waals surface area contributed by atoms with Gasteiger partial charge in [0.05, 0.1) is 23.5 Å². The number of aromatic nitrogens is 1. The molecule has 212 valence electrons. The molecule has 0 aliphatic rings. The molecule has 42 heavy (non-hydrogen) atoms. The van der Waals surface area contributed by atoms with Crippen LogP contribution in [0.2, 0.25) is 10.0 Å². The van der Waals surface area contributed by atoms with Crippen LogP contribution in [-0.2, 0) is 6.61 Å². The molecule has 0 aliphatic carbocycles. The Bertz CT molecular complexity index is 1680. The first-order chi connectivity index (χ1) is 20.5. The van der Waals surface area contributed by atoms with Crippen molar-refractivity contribution >= 4 is 57.5 Å². The summed E-state index contributed by atoms with van der Waals surface area (Å²) in [6, 6.07) is 27.9. The highest BCUT2D eigenvalue weighted by molar-refractivity contribution is 7.14. The van der Waals surface area contributed by atoms with Crippen molar-refractivity contribution < 1.29 is 14.3 Å². The van der Waals surface area contributed by atoms with Crippen LogP contribution >= 0.6 is 34.5 Å². The van der Waals surface area contributed by atoms with Crippen LogP contribution in [0.1, 0.15) is 28.4 Å². The van der Waals surface area contributed by atoms with E-state index in [0.717, 1.165) is 27.6 Å². The van der Waals surface area contributed by atoms with E-state index in [0.29, 0.717) is 45.9 Å². The molecule has 0 fully saturated rings. The zero-order valence-corrected chi connectivity index (χ0v) is 24.8. The average Bonchev–Trinajstić information content (AvgIpc) is 3.47. The molecule has 0 bridgehead atoms. The second-order valence-electron chi connectivity index (χ2n) is 8.98. The third-order valence-corrected chi connectivity index (χ3v) is 7.27. The summed E-state index contributed by atoms with van der Waals surface area (Å²) in [6.07, 6.45) is 1.50. The van der Waals surface area contributed by atoms with Gasteiger partial charge in [-0.3, -0.25) is 4.79 Å². The number of halogens is 2. The second kappa shape index (κ2) is 14.0. The van der Waals surface area contributed by atoms with Gasteiger partial charge in [0.15, 0.2) is 16.6 Å². The SMILES string of the molecule is CCOc1cc(/C=N\NC(=O)c2ccc(-c3csc(Nc4ccccc4)n3)cc2)cc(Cl)c1OCc1ccc(Cl)cc1. The molecule has 0 spiro atoms. The third kappa shape index (κ3) is 7.67. The van der Waals surface area contributed by atoms with Crippen molar-refractivity contribution in [3.8, 4) is 22.8 Å². The molecule has 0 saturated heterocycles. The summed E-state index contributed by atoms with van der Waals surface area (Å²) in [4.78, 5) is 17.3. The average molecular weight is 618 g/mol. The first kappa shape index (κ1) is 29.1. The fraction of sp³-hybridized carbons (Fsp3) is 0.0938. The second-order valence-corrected chi connectivity index (χ2v) is 10.7. The maximum atomic E-state index is 12.7. The van der Waals surface area contributed by atoms with E-state index >= 15 is 0 Å². The molecule has 1 heterocycles. The van der Waals surface area contributed by atoms with Gasteiger partial charge in [0.2, 0.25) is 0 Å². The van der Waals surface area contributed by atoms with Crippen LogP contribution in [0.15, 0.2) is 101 Å². The quantitative estimate of drug-likeness (QED) is 0.115. The zero-order chi connectivity index (χ0) is 29.3. The van der Waals surface area contributed by atoms with E-state index in [1.807, 2.05) is 66.9 Å². The fourth-order valence-corrected chi connectivity index (χ4v) is 5.07. The van der Waals surface area contributed by atoms with E-state index < -0.39 is 0 Å². The molecule has 0 aliphatic heterocycles. The molecule has 5 aromatic rings. The first-order valence-electron chi connectivity index (χ1n) is 13.0. The number of nitrogens with zero attached hydrogens (tertiary/aromatic N) is 2. The number of thiazole rings is 1. The molecule has 0 saturated carbocycles. The van der Waals surface area contributed by atoms with Crippen LogP contribution in [0, 0.1) is 0 Å². The van der Waals surface area contributed by atoms with Crippen molar-refractivity contribution in [3.63, 3.8) is 0 Å². The van der Waals surface area contributed by atoms with Gasteiger partial charge in [-0.15, -0.1) is 11.3 Å². The largest absolute Gasteiger partial charge is 0.490 e. The number of benzene rings is 4. The Morgan fingerprint density at radius 3 is 2.48 bits per heavy atom. The third-order valence-electron chi connectivity index (χ3n) is 5.98. The minimum absolute atomic E-state index is 0.299. The number of rotatable bonds is 11. The summed E-state index contributed by atoms with van der Waals surface area (Å²) in [6.45, 7) is 2.60. The van der Waals surface area contributed by atoms with Gasteiger partial charge in [-0.05, 0) is 66.6 Å². The molecule has 2 N–H and O–H groups in total. The van der Waals surface area contributed by atoms with Crippen LogP contribution in [-0.4, -0.2) is 23.7 Å². The molecule has 0 unspecified atom stereocenters. The number of nitrogens with one attached hydrogen (secondary N) is 2. The van der Waals surface area contributed by atoms with E-state index in [2.05, 4.69) is 20.8 Å². The van der Waals surface area contributed by atoms with Crippen molar-refractivity contribution in [2.75, 3.05) is 11.9 Å². The van der Waals surface area contributed by atoms with Crippen LogP contribution in [0.4, 0.5) is 10.8 Å². The summed E-state index contributed by atoms with van der Waals surface area (Å²) in [5.41, 5.74) is 7.31. The van der Waals surface area contributed by atoms with E-state index in [9.17, 15) is 4.79 Å². The maximum Gasteiger partial charge on any atom is 0.271 e. The van der Waals surface area contributed by atoms with E-state index in [4.69, 9.17) is 32.7 Å². The summed E-state index contributed by atoms with van der Waals surface area (Å²) in [7, 11) is 0. The Morgan fingerprint density at radius 2 is 1.74 bits per heavy atom. The number of hydrogen-bond donors (Lipinski definition) is 2. The first-order valence-corrected chi connectivity index (χ1v) is 14.7. The Balaban J connectivity index is 1.20. The van der Waals surface area contributed by atoms with Crippen molar-refractivity contribution in [3.05, 3.63) is 123 Å². The van der Waals surface area contributed by atoms with Gasteiger partial charge in [-0.1, -0.05) is 65.7 Å². The van der Waals surface area contributed by atoms with Crippen LogP contribution in [0.3, 0.4) is 0 Å². The maximum absolute atomic E-state index is 12.7. The van der Waals surface area contributed by atoms with Crippen molar-refractivity contribution in [2.45, 2.75) is 13.5 Å². The lowest BCUT2D eigenvalue weighted by Crippen LogP contribution is -2.17. The minimum Gasteiger partial charge on any atom is -0.490 e. The predicted octanol–water partition coefficient (Wildman–Crippen LogP) is 8.60. The van der Waals surface area contributed by atoms with Crippen LogP contribution in [0.25, 0.3) is 11.3 Å². The lowest BCUT2D eigenvalue weighted by molar-refractivity contribution is 0.0955. The van der Waals surface area contributed by atoms with Gasteiger partial charge in [0, 0.05) is 27.2 Å². The van der Waals surface area contributed by atoms with E-state index in [1.165, 1.54) is 17.6 Å². The smallest absolute Gasteiger partial charge is 0.271 e. The highest BCUT2D eigenvalue weighted by Gasteiger charge is 2.13. The van der Waals surface area contributed by atoms with Crippen molar-refractivity contribution in [2.24, 2.45) is 5.10 Å². The Hall–Kier alpha value is -4.37. The number of hydrogen-bond acceptors (Lipinski definition) is 7. The zero-order valence-electron chi connectivity index (χ0n) is 22.5. The molecule has 4 aromatic carbocycles. The molecule has 10 heteroatoms. The lowest BCUT2D eigenvalue weighted by atomic mass is 10.1. The Kier molecular flexibility index (Phi) is 9.71. The molecule has 7 nitrogen and oxygen atoms in total. The number of anilines is 2. The highest BCUT2D eigenvalue weighted by Crippen LogP contribution is 2.37. The topological polar surface area (TPSA) is 84.8 Å². The van der Waals surface area contributed by atoms with Gasteiger partial charge in [0.25, 0.3) is 5.91 Å². The van der Waals surface area contributed by atoms with Gasteiger partial charge >= 0.3 is 0 Å². The summed E-state index contributed by atoms with van der Waals surface area (Å²) in [5.74, 6) is 0.561. The molecular weight excluding hydrogens is 591 g/mol. The fourth-order valence-electron chi connectivity index (χ4n) is 3.93. The highest BCUT2D eigenvalue weighted by atomic mass is 35.5. The van der Waals surface area contributed by atoms with Gasteiger partial charge in [-0.2, -0.15) is 5.10 Å². The summed E-state index contributed by atoms with van der Waals surface area (Å²) in [5, 5.41) is 11.2. The number of hydrazone groups is 1. The summed E-state index contributed by atoms with van der Waals surface area (Å²) >= 11 is 14.0. The standard InChI is InChI=1S/C32H26Cl2N4O3S/c1-2-40-29-17-22(16-27(34)30(29)41-19-21-8-14-25(33)15-9-21)18-35-38-31(39)24-12-10-23(11-13-24)28-20-42-32(37-28)36-26-6-4-3-5-7-26/h3-18,20H,2,19H2,1H3,(H,36,37)(H,38,39)/b35-18-. The van der Waals surface area contributed by atoms with E-state index in [1.54, 1.807) is 36.4 Å². The van der Waals surface area contributed by atoms with Gasteiger partial charge in [0.1, 0.15) is 6.61 Å². The number of ether oxygens (including phenoxy) is 2. The Labute approximate surface area is 257 Å². The molecule has 0 atom stereocenters. The van der Waals surface area contributed by atoms with Gasteiger partial charge < -0.3 is 14.8 Å². The number of carbonyl (C=O) groups is 1. The van der Waals surface area contributed by atoms with Crippen molar-refractivity contribution in [1.82, 2.24) is 10.4 Å². The Morgan fingerprint density at radius 1 is 0.976 bits per heavy atom. The van der Waals surface area contributed by atoms with Crippen LogP contribution < -0.4 is 20.2 Å². The lowest BCUT2D eigenvalue weighted by Gasteiger charge is -2.14. The molecule has 1 aromatic heterocycles. The minimum atomic E-state index is -0.346. The molecule has 5 rings (SSSR count).